The van der Waals surface area contributed by atoms with Crippen molar-refractivity contribution in [2.24, 2.45) is 5.92 Å². The summed E-state index contributed by atoms with van der Waals surface area (Å²) in [6.45, 7) is 7.07. The van der Waals surface area contributed by atoms with Crippen LogP contribution in [-0.2, 0) is 4.79 Å². The summed E-state index contributed by atoms with van der Waals surface area (Å²) in [7, 11) is 3.78. The highest BCUT2D eigenvalue weighted by molar-refractivity contribution is 8.76. The van der Waals surface area contributed by atoms with Crippen molar-refractivity contribution in [2.75, 3.05) is 18.6 Å². The van der Waals surface area contributed by atoms with Gasteiger partial charge in [0.05, 0.1) is 0 Å². The van der Waals surface area contributed by atoms with Gasteiger partial charge in [-0.05, 0) is 19.1 Å². The number of carbonyl (C=O) groups is 1. The summed E-state index contributed by atoms with van der Waals surface area (Å²) in [6.07, 6.45) is 2.80. The van der Waals surface area contributed by atoms with Gasteiger partial charge >= 0.3 is 0 Å². The molecule has 0 aromatic rings. The zero-order chi connectivity index (χ0) is 9.82. The molecule has 0 aliphatic rings. The molecule has 76 valence electrons. The lowest BCUT2D eigenvalue weighted by Gasteiger charge is -1.98. The Kier molecular flexibility index (Phi) is 16.8. The van der Waals surface area contributed by atoms with E-state index in [1.165, 1.54) is 5.75 Å². The van der Waals surface area contributed by atoms with Gasteiger partial charge in [0.15, 0.2) is 0 Å². The number of hydrogen-bond donors (Lipinski definition) is 1. The first-order valence-electron chi connectivity index (χ1n) is 4.01. The van der Waals surface area contributed by atoms with Crippen LogP contribution in [0, 0.1) is 5.92 Å². The molecule has 0 aliphatic heterocycles. The van der Waals surface area contributed by atoms with Crippen LogP contribution in [0.25, 0.3) is 0 Å². The Morgan fingerprint density at radius 1 is 1.58 bits per heavy atom. The Hall–Kier alpha value is 0.170. The third-order valence-electron chi connectivity index (χ3n) is 0.807. The number of carbonyl (C=O) groups excluding carboxylic acids is 1. The van der Waals surface area contributed by atoms with Crippen molar-refractivity contribution < 1.29 is 6.22 Å². The molecule has 0 heterocycles. The van der Waals surface area contributed by atoms with Crippen molar-refractivity contribution in [2.45, 2.75) is 20.8 Å². The van der Waals surface area contributed by atoms with Gasteiger partial charge in [0.25, 0.3) is 0 Å². The molecule has 0 aromatic carbocycles. The van der Waals surface area contributed by atoms with Crippen molar-refractivity contribution >= 4 is 28.0 Å². The van der Waals surface area contributed by atoms with Crippen molar-refractivity contribution in [3.05, 3.63) is 0 Å². The molecule has 0 aromatic heterocycles. The Morgan fingerprint density at radius 2 is 2.17 bits per heavy atom. The molecule has 1 amide bonds. The van der Waals surface area contributed by atoms with Crippen LogP contribution >= 0.6 is 21.6 Å². The predicted molar refractivity (Wildman–Crippen MR) is 62.7 cm³/mol. The van der Waals surface area contributed by atoms with Gasteiger partial charge < -0.3 is 5.32 Å². The van der Waals surface area contributed by atoms with Gasteiger partial charge in [-0.3, -0.25) is 4.79 Å². The SMILES string of the molecule is CCNC=O.CSSCC(C)C.[HH]. The van der Waals surface area contributed by atoms with E-state index in [0.717, 1.165) is 12.5 Å². The second-order valence-corrected chi connectivity index (χ2v) is 5.13. The van der Waals surface area contributed by atoms with E-state index in [1.54, 1.807) is 0 Å². The van der Waals surface area contributed by atoms with E-state index >= 15 is 0 Å². The highest BCUT2D eigenvalue weighted by Gasteiger charge is 1.89. The lowest BCUT2D eigenvalue weighted by atomic mass is 10.3. The van der Waals surface area contributed by atoms with E-state index in [0.29, 0.717) is 6.41 Å². The van der Waals surface area contributed by atoms with Crippen LogP contribution in [0.4, 0.5) is 0 Å². The summed E-state index contributed by atoms with van der Waals surface area (Å²) in [5.74, 6) is 2.12. The topological polar surface area (TPSA) is 29.1 Å². The fourth-order valence-electron chi connectivity index (χ4n) is 0.287. The molecule has 0 aliphatic carbocycles. The van der Waals surface area contributed by atoms with Crippen LogP contribution in [0.1, 0.15) is 22.2 Å². The van der Waals surface area contributed by atoms with Crippen molar-refractivity contribution in [1.82, 2.24) is 5.32 Å². The highest BCUT2D eigenvalue weighted by Crippen LogP contribution is 2.19. The summed E-state index contributed by atoms with van der Waals surface area (Å²) in [5, 5.41) is 2.43. The third-order valence-corrected chi connectivity index (χ3v) is 2.96. The van der Waals surface area contributed by atoms with Gasteiger partial charge in [0.2, 0.25) is 6.41 Å². The van der Waals surface area contributed by atoms with E-state index in [-0.39, 0.29) is 1.43 Å². The van der Waals surface area contributed by atoms with E-state index in [1.807, 2.05) is 28.5 Å². The summed E-state index contributed by atoms with van der Waals surface area (Å²) >= 11 is 0. The standard InChI is InChI=1S/C5H12S2.C3H7NO.H2/c1-5(2)4-7-6-3;1-2-4-3-5;/h5H,4H2,1-3H3;3H,2H2,1H3,(H,4,5);1H. The van der Waals surface area contributed by atoms with Crippen LogP contribution in [0.15, 0.2) is 0 Å². The average molecular weight is 211 g/mol. The molecule has 0 atom stereocenters. The lowest BCUT2D eigenvalue weighted by molar-refractivity contribution is -0.109. The number of amides is 1. The Balaban J connectivity index is -0.000000150. The predicted octanol–water partition coefficient (Wildman–Crippen LogP) is 2.65. The van der Waals surface area contributed by atoms with Crippen LogP contribution < -0.4 is 5.32 Å². The quantitative estimate of drug-likeness (QED) is 0.560. The lowest BCUT2D eigenvalue weighted by Crippen LogP contribution is -2.07. The second-order valence-electron chi connectivity index (χ2n) is 2.52. The smallest absolute Gasteiger partial charge is 0.207 e. The minimum absolute atomic E-state index is 0. The summed E-state index contributed by atoms with van der Waals surface area (Å²) in [6, 6.07) is 0. The first-order valence-corrected chi connectivity index (χ1v) is 6.74. The summed E-state index contributed by atoms with van der Waals surface area (Å²) in [4.78, 5) is 9.29. The molecule has 2 nitrogen and oxygen atoms in total. The molecule has 0 radical (unpaired) electrons. The maximum absolute atomic E-state index is 9.29. The fourth-order valence-corrected chi connectivity index (χ4v) is 1.92. The Morgan fingerprint density at radius 3 is 2.25 bits per heavy atom. The van der Waals surface area contributed by atoms with Crippen LogP contribution in [0.5, 0.6) is 0 Å². The summed E-state index contributed by atoms with van der Waals surface area (Å²) in [5.41, 5.74) is 0. The molecular formula is C8H21NOS2. The number of hydrogen-bond acceptors (Lipinski definition) is 3. The zero-order valence-corrected chi connectivity index (χ0v) is 9.93. The molecule has 0 unspecified atom stereocenters. The average Bonchev–Trinajstić information content (AvgIpc) is 2.03. The van der Waals surface area contributed by atoms with Crippen molar-refractivity contribution in [3.8, 4) is 0 Å². The molecule has 1 N–H and O–H groups in total. The first kappa shape index (κ1) is 14.7. The minimum Gasteiger partial charge on any atom is -0.359 e. The first-order chi connectivity index (χ1) is 5.68. The Bertz CT molecular complexity index is 94.2. The highest BCUT2D eigenvalue weighted by atomic mass is 33.1. The number of rotatable bonds is 5. The maximum atomic E-state index is 9.29. The van der Waals surface area contributed by atoms with Crippen molar-refractivity contribution in [3.63, 3.8) is 0 Å². The van der Waals surface area contributed by atoms with Crippen LogP contribution in [0.3, 0.4) is 0 Å². The molecule has 0 bridgehead atoms. The van der Waals surface area contributed by atoms with Gasteiger partial charge in [-0.1, -0.05) is 35.4 Å². The molecule has 0 saturated carbocycles. The third kappa shape index (κ3) is 22.5. The minimum atomic E-state index is 0. The Labute approximate surface area is 85.1 Å². The molecule has 4 heteroatoms. The van der Waals surface area contributed by atoms with E-state index in [2.05, 4.69) is 25.4 Å². The van der Waals surface area contributed by atoms with Gasteiger partial charge in [0, 0.05) is 13.7 Å². The largest absolute Gasteiger partial charge is 0.359 e. The zero-order valence-electron chi connectivity index (χ0n) is 8.29. The van der Waals surface area contributed by atoms with E-state index in [9.17, 15) is 4.79 Å². The van der Waals surface area contributed by atoms with E-state index in [4.69, 9.17) is 0 Å². The fraction of sp³-hybridized carbons (Fsp3) is 0.875. The molecule has 0 rings (SSSR count). The van der Waals surface area contributed by atoms with Gasteiger partial charge in [-0.2, -0.15) is 0 Å². The van der Waals surface area contributed by atoms with Gasteiger partial charge in [-0.15, -0.1) is 0 Å². The number of nitrogens with one attached hydrogen (secondary N) is 1. The molecule has 0 fully saturated rings. The van der Waals surface area contributed by atoms with E-state index < -0.39 is 0 Å². The second kappa shape index (κ2) is 13.7. The molecule has 0 saturated heterocycles. The van der Waals surface area contributed by atoms with Crippen LogP contribution in [0.2, 0.25) is 0 Å². The normalized spacial score (nSPS) is 8.75. The van der Waals surface area contributed by atoms with Gasteiger partial charge in [-0.25, -0.2) is 0 Å². The molecular weight excluding hydrogens is 190 g/mol. The monoisotopic (exact) mass is 211 g/mol. The van der Waals surface area contributed by atoms with Gasteiger partial charge in [0.1, 0.15) is 0 Å². The summed E-state index contributed by atoms with van der Waals surface area (Å²) < 4.78 is 0. The van der Waals surface area contributed by atoms with Crippen molar-refractivity contribution in [1.29, 1.82) is 0 Å². The molecule has 12 heavy (non-hydrogen) atoms. The van der Waals surface area contributed by atoms with Crippen LogP contribution in [-0.4, -0.2) is 25.0 Å². The molecule has 0 spiro atoms. The maximum Gasteiger partial charge on any atom is 0.207 e.